The summed E-state index contributed by atoms with van der Waals surface area (Å²) in [7, 11) is 0. The molecule has 4 atom stereocenters. The van der Waals surface area contributed by atoms with Crippen LogP contribution in [0.3, 0.4) is 0 Å². The van der Waals surface area contributed by atoms with Crippen LogP contribution in [-0.2, 0) is 24.1 Å². The topological polar surface area (TPSA) is 50.8 Å². The van der Waals surface area contributed by atoms with Gasteiger partial charge >= 0.3 is 0 Å². The number of amides is 1. The first-order valence-corrected chi connectivity index (χ1v) is 13.5. The van der Waals surface area contributed by atoms with Gasteiger partial charge in [0.2, 0.25) is 0 Å². The van der Waals surface area contributed by atoms with E-state index in [1.54, 1.807) is 0 Å². The van der Waals surface area contributed by atoms with E-state index in [9.17, 15) is 4.79 Å². The molecule has 2 aromatic carbocycles. The number of benzene rings is 2. The highest BCUT2D eigenvalue weighted by Crippen LogP contribution is 2.26. The molecule has 35 heavy (non-hydrogen) atoms. The zero-order valence-electron chi connectivity index (χ0n) is 21.3. The van der Waals surface area contributed by atoms with E-state index < -0.39 is 0 Å². The van der Waals surface area contributed by atoms with Gasteiger partial charge in [-0.25, -0.2) is 0 Å². The van der Waals surface area contributed by atoms with Crippen LogP contribution in [0.15, 0.2) is 42.5 Å². The first-order valence-electron chi connectivity index (χ1n) is 13.5. The molecule has 2 aliphatic heterocycles. The molecule has 0 bridgehead atoms. The van der Waals surface area contributed by atoms with Crippen LogP contribution in [0.1, 0.15) is 66.6 Å². The summed E-state index contributed by atoms with van der Waals surface area (Å²) in [5.74, 6) is 2.36. The number of nitrogens with zero attached hydrogens (tertiary/aromatic N) is 1. The molecule has 2 heterocycles. The third-order valence-electron chi connectivity index (χ3n) is 7.76. The van der Waals surface area contributed by atoms with Crippen molar-refractivity contribution in [1.29, 1.82) is 0 Å². The van der Waals surface area contributed by atoms with Crippen LogP contribution >= 0.6 is 0 Å². The maximum atomic E-state index is 12.9. The van der Waals surface area contributed by atoms with Gasteiger partial charge in [-0.05, 0) is 91.3 Å². The monoisotopic (exact) mass is 476 g/mol. The predicted molar refractivity (Wildman–Crippen MR) is 139 cm³/mol. The number of likely N-dealkylation sites (tertiary alicyclic amines) is 1. The van der Waals surface area contributed by atoms with E-state index in [0.29, 0.717) is 12.2 Å². The minimum atomic E-state index is -0.00548. The van der Waals surface area contributed by atoms with Crippen LogP contribution < -0.4 is 10.1 Å². The number of carbonyl (C=O) groups is 1. The van der Waals surface area contributed by atoms with Crippen LogP contribution in [0.2, 0.25) is 0 Å². The van der Waals surface area contributed by atoms with Crippen LogP contribution in [0.25, 0.3) is 0 Å². The van der Waals surface area contributed by atoms with Gasteiger partial charge in [0.15, 0.2) is 0 Å². The summed E-state index contributed by atoms with van der Waals surface area (Å²) in [5.41, 5.74) is 4.94. The number of ether oxygens (including phenoxy) is 2. The Morgan fingerprint density at radius 1 is 1.06 bits per heavy atom. The lowest BCUT2D eigenvalue weighted by Gasteiger charge is -2.35. The number of carbonyl (C=O) groups excluding carboxylic acids is 1. The average Bonchev–Trinajstić information content (AvgIpc) is 3.36. The van der Waals surface area contributed by atoms with Crippen LogP contribution in [0, 0.1) is 11.8 Å². The Hall–Kier alpha value is -2.37. The molecule has 3 aliphatic rings. The number of hydrogen-bond donors (Lipinski definition) is 1. The zero-order valence-corrected chi connectivity index (χ0v) is 21.3. The highest BCUT2D eigenvalue weighted by Gasteiger charge is 2.24. The Morgan fingerprint density at radius 3 is 2.60 bits per heavy atom. The molecular weight excluding hydrogens is 436 g/mol. The van der Waals surface area contributed by atoms with Crippen molar-refractivity contribution < 1.29 is 14.3 Å². The van der Waals surface area contributed by atoms with Crippen molar-refractivity contribution >= 4 is 5.91 Å². The Kier molecular flexibility index (Phi) is 7.74. The lowest BCUT2D eigenvalue weighted by atomic mass is 9.86. The molecule has 1 aliphatic carbocycles. The highest BCUT2D eigenvalue weighted by molar-refractivity contribution is 5.94. The fourth-order valence-corrected chi connectivity index (χ4v) is 6.15. The molecule has 2 aromatic rings. The molecule has 5 rings (SSSR count). The molecule has 5 heteroatoms. The summed E-state index contributed by atoms with van der Waals surface area (Å²) < 4.78 is 11.4. The largest absolute Gasteiger partial charge is 0.491 e. The standard InChI is InChI=1S/C30H40N2O3/c1-21-14-22(2)18-32(17-21)19-23-5-6-26-16-27(10-7-25(26)15-23)31-30(33)24-8-11-28(12-9-24)35-20-29-4-3-13-34-29/h5-6,8-9,11-12,15,21-22,27,29H,3-4,7,10,13-14,16-20H2,1-2H3,(H,31,33)/t21?,22?,27-,29-/m0/s1. The van der Waals surface area contributed by atoms with Gasteiger partial charge in [0.1, 0.15) is 12.4 Å². The molecule has 0 aromatic heterocycles. The van der Waals surface area contributed by atoms with E-state index in [-0.39, 0.29) is 18.1 Å². The molecule has 2 fully saturated rings. The molecule has 0 radical (unpaired) electrons. The number of fused-ring (bicyclic) bond motifs is 1. The fourth-order valence-electron chi connectivity index (χ4n) is 6.15. The van der Waals surface area contributed by atoms with E-state index in [1.807, 2.05) is 24.3 Å². The molecule has 2 unspecified atom stereocenters. The first kappa shape index (κ1) is 24.3. The smallest absolute Gasteiger partial charge is 0.251 e. The van der Waals surface area contributed by atoms with Crippen molar-refractivity contribution in [3.8, 4) is 5.75 Å². The third-order valence-corrected chi connectivity index (χ3v) is 7.76. The summed E-state index contributed by atoms with van der Waals surface area (Å²) in [6.07, 6.45) is 6.63. The van der Waals surface area contributed by atoms with Crippen molar-refractivity contribution in [2.24, 2.45) is 11.8 Å². The van der Waals surface area contributed by atoms with Gasteiger partial charge in [-0.3, -0.25) is 9.69 Å². The minimum Gasteiger partial charge on any atom is -0.491 e. The second kappa shape index (κ2) is 11.1. The summed E-state index contributed by atoms with van der Waals surface area (Å²) in [6.45, 7) is 9.62. The normalized spacial score (nSPS) is 26.8. The molecule has 5 nitrogen and oxygen atoms in total. The zero-order chi connectivity index (χ0) is 24.2. The van der Waals surface area contributed by atoms with E-state index in [1.165, 1.54) is 36.2 Å². The quantitative estimate of drug-likeness (QED) is 0.610. The van der Waals surface area contributed by atoms with Gasteiger partial charge in [-0.1, -0.05) is 32.0 Å². The first-order chi connectivity index (χ1) is 17.0. The molecule has 2 saturated heterocycles. The van der Waals surface area contributed by atoms with E-state index in [0.717, 1.165) is 62.8 Å². The average molecular weight is 477 g/mol. The predicted octanol–water partition coefficient (Wildman–Crippen LogP) is 5.01. The van der Waals surface area contributed by atoms with Gasteiger partial charge in [0.05, 0.1) is 6.10 Å². The van der Waals surface area contributed by atoms with Crippen molar-refractivity contribution in [2.75, 3.05) is 26.3 Å². The minimum absolute atomic E-state index is 0.00548. The van der Waals surface area contributed by atoms with E-state index in [4.69, 9.17) is 9.47 Å². The summed E-state index contributed by atoms with van der Waals surface area (Å²) in [4.78, 5) is 15.5. The molecule has 1 amide bonds. The van der Waals surface area contributed by atoms with Gasteiger partial charge < -0.3 is 14.8 Å². The van der Waals surface area contributed by atoms with Crippen LogP contribution in [0.5, 0.6) is 5.75 Å². The second-order valence-electron chi connectivity index (χ2n) is 11.1. The molecule has 1 N–H and O–H groups in total. The lowest BCUT2D eigenvalue weighted by molar-refractivity contribution is 0.0679. The number of aryl methyl sites for hydroxylation is 1. The van der Waals surface area contributed by atoms with Gasteiger partial charge in [-0.15, -0.1) is 0 Å². The van der Waals surface area contributed by atoms with Crippen LogP contribution in [-0.4, -0.2) is 49.3 Å². The third kappa shape index (κ3) is 6.45. The van der Waals surface area contributed by atoms with Crippen molar-refractivity contribution in [3.63, 3.8) is 0 Å². The van der Waals surface area contributed by atoms with Crippen molar-refractivity contribution in [1.82, 2.24) is 10.2 Å². The lowest BCUT2D eigenvalue weighted by Crippen LogP contribution is -2.39. The molecule has 188 valence electrons. The molecule has 0 spiro atoms. The number of piperidine rings is 1. The van der Waals surface area contributed by atoms with Gasteiger partial charge in [-0.2, -0.15) is 0 Å². The Morgan fingerprint density at radius 2 is 1.86 bits per heavy atom. The number of rotatable bonds is 7. The van der Waals surface area contributed by atoms with E-state index in [2.05, 4.69) is 42.3 Å². The number of nitrogens with one attached hydrogen (secondary N) is 1. The maximum absolute atomic E-state index is 12.9. The fraction of sp³-hybridized carbons (Fsp3) is 0.567. The van der Waals surface area contributed by atoms with Gasteiger partial charge in [0.25, 0.3) is 5.91 Å². The number of hydrogen-bond acceptors (Lipinski definition) is 4. The maximum Gasteiger partial charge on any atom is 0.251 e. The van der Waals surface area contributed by atoms with Gasteiger partial charge in [0, 0.05) is 37.8 Å². The summed E-state index contributed by atoms with van der Waals surface area (Å²) >= 11 is 0. The summed E-state index contributed by atoms with van der Waals surface area (Å²) in [6, 6.07) is 14.6. The Bertz CT molecular complexity index is 989. The Labute approximate surface area is 210 Å². The Balaban J connectivity index is 1.12. The van der Waals surface area contributed by atoms with E-state index >= 15 is 0 Å². The van der Waals surface area contributed by atoms with Crippen molar-refractivity contribution in [3.05, 3.63) is 64.7 Å². The second-order valence-corrected chi connectivity index (χ2v) is 11.1. The summed E-state index contributed by atoms with van der Waals surface area (Å²) in [5, 5.41) is 3.25. The SMILES string of the molecule is CC1CC(C)CN(Cc2ccc3c(c2)CC[C@H](NC(=O)c2ccc(OC[C@@H]4CCCO4)cc2)C3)C1. The molecular formula is C30H40N2O3. The molecule has 0 saturated carbocycles. The van der Waals surface area contributed by atoms with Crippen LogP contribution in [0.4, 0.5) is 0 Å². The highest BCUT2D eigenvalue weighted by atomic mass is 16.5. The van der Waals surface area contributed by atoms with Crippen molar-refractivity contribution in [2.45, 2.75) is 71.1 Å².